The van der Waals surface area contributed by atoms with E-state index in [0.717, 1.165) is 31.5 Å². The molecular formula is C18H27N3. The van der Waals surface area contributed by atoms with Gasteiger partial charge in [0.25, 0.3) is 0 Å². The Balaban J connectivity index is 2.18. The lowest BCUT2D eigenvalue weighted by Crippen LogP contribution is -2.25. The fourth-order valence-corrected chi connectivity index (χ4v) is 2.68. The Bertz CT molecular complexity index is 554. The molecule has 0 aliphatic rings. The van der Waals surface area contributed by atoms with Gasteiger partial charge in [0.15, 0.2) is 0 Å². The Morgan fingerprint density at radius 2 is 1.90 bits per heavy atom. The zero-order valence-corrected chi connectivity index (χ0v) is 13.7. The van der Waals surface area contributed by atoms with E-state index in [1.807, 2.05) is 18.7 Å². The van der Waals surface area contributed by atoms with Crippen molar-refractivity contribution in [3.8, 4) is 0 Å². The quantitative estimate of drug-likeness (QED) is 0.843. The first-order valence-electron chi connectivity index (χ1n) is 7.95. The predicted molar refractivity (Wildman–Crippen MR) is 88.5 cm³/mol. The molecule has 0 spiro atoms. The number of aryl methyl sites for hydroxylation is 3. The van der Waals surface area contributed by atoms with Crippen LogP contribution in [0.5, 0.6) is 0 Å². The van der Waals surface area contributed by atoms with Gasteiger partial charge in [0.2, 0.25) is 0 Å². The smallest absolute Gasteiger partial charge is 0.0596 e. The summed E-state index contributed by atoms with van der Waals surface area (Å²) in [5, 5.41) is 8.12. The van der Waals surface area contributed by atoms with E-state index >= 15 is 0 Å². The number of hydrogen-bond acceptors (Lipinski definition) is 2. The average molecular weight is 285 g/mol. The fraction of sp³-hybridized carbons (Fsp3) is 0.500. The average Bonchev–Trinajstić information content (AvgIpc) is 2.81. The molecule has 3 nitrogen and oxygen atoms in total. The van der Waals surface area contributed by atoms with Crippen LogP contribution in [0.25, 0.3) is 0 Å². The number of hydrogen-bond donors (Lipinski definition) is 1. The van der Waals surface area contributed by atoms with Crippen LogP contribution in [0.1, 0.15) is 48.8 Å². The third-order valence-electron chi connectivity index (χ3n) is 3.94. The van der Waals surface area contributed by atoms with E-state index in [-0.39, 0.29) is 0 Å². The summed E-state index contributed by atoms with van der Waals surface area (Å²) < 4.78 is 2.00. The van der Waals surface area contributed by atoms with Crippen molar-refractivity contribution >= 4 is 0 Å². The van der Waals surface area contributed by atoms with Gasteiger partial charge in [-0.1, -0.05) is 38.1 Å². The van der Waals surface area contributed by atoms with Crippen LogP contribution in [-0.4, -0.2) is 16.3 Å². The molecule has 0 bridgehead atoms. The Labute approximate surface area is 128 Å². The van der Waals surface area contributed by atoms with Crippen molar-refractivity contribution in [1.29, 1.82) is 0 Å². The molecule has 21 heavy (non-hydrogen) atoms. The molecule has 0 fully saturated rings. The molecule has 1 aromatic heterocycles. The maximum Gasteiger partial charge on any atom is 0.0596 e. The van der Waals surface area contributed by atoms with Gasteiger partial charge in [0.05, 0.1) is 5.69 Å². The Hall–Kier alpha value is -1.61. The molecule has 1 unspecified atom stereocenters. The van der Waals surface area contributed by atoms with Crippen LogP contribution in [0.4, 0.5) is 0 Å². The zero-order chi connectivity index (χ0) is 15.2. The van der Waals surface area contributed by atoms with Gasteiger partial charge in [0.1, 0.15) is 0 Å². The molecule has 0 amide bonds. The van der Waals surface area contributed by atoms with Crippen LogP contribution in [-0.2, 0) is 19.9 Å². The summed E-state index contributed by atoms with van der Waals surface area (Å²) in [6.45, 7) is 7.49. The van der Waals surface area contributed by atoms with Crippen LogP contribution in [0.3, 0.4) is 0 Å². The summed E-state index contributed by atoms with van der Waals surface area (Å²) in [6, 6.07) is 11.5. The Morgan fingerprint density at radius 3 is 2.43 bits per heavy atom. The monoisotopic (exact) mass is 285 g/mol. The third kappa shape index (κ3) is 4.18. The number of nitrogens with one attached hydrogen (secondary N) is 1. The topological polar surface area (TPSA) is 29.9 Å². The molecule has 1 heterocycles. The molecule has 2 rings (SSSR count). The zero-order valence-electron chi connectivity index (χ0n) is 13.7. The van der Waals surface area contributed by atoms with Gasteiger partial charge >= 0.3 is 0 Å². The standard InChI is InChI=1S/C18H27N3/c1-5-11-19-18(13-17-12-14(3)20-21(17)4)16-9-7-15(6-2)8-10-16/h7-10,12,18-19H,5-6,11,13H2,1-4H3. The first-order valence-corrected chi connectivity index (χ1v) is 7.95. The Kier molecular flexibility index (Phi) is 5.57. The number of aromatic nitrogens is 2. The first-order chi connectivity index (χ1) is 10.1. The minimum Gasteiger partial charge on any atom is -0.310 e. The van der Waals surface area contributed by atoms with Gasteiger partial charge < -0.3 is 5.32 Å². The lowest BCUT2D eigenvalue weighted by Gasteiger charge is -2.19. The van der Waals surface area contributed by atoms with Gasteiger partial charge in [0, 0.05) is 25.2 Å². The molecule has 0 aliphatic carbocycles. The van der Waals surface area contributed by atoms with E-state index in [2.05, 4.69) is 54.6 Å². The van der Waals surface area contributed by atoms with E-state index in [1.54, 1.807) is 0 Å². The predicted octanol–water partition coefficient (Wildman–Crippen LogP) is 3.57. The number of benzene rings is 1. The highest BCUT2D eigenvalue weighted by Gasteiger charge is 2.14. The second-order valence-corrected chi connectivity index (χ2v) is 5.71. The maximum absolute atomic E-state index is 4.45. The highest BCUT2D eigenvalue weighted by molar-refractivity contribution is 5.26. The second-order valence-electron chi connectivity index (χ2n) is 5.71. The van der Waals surface area contributed by atoms with Crippen molar-refractivity contribution in [2.45, 2.75) is 46.1 Å². The summed E-state index contributed by atoms with van der Waals surface area (Å²) in [7, 11) is 2.03. The van der Waals surface area contributed by atoms with Crippen LogP contribution in [0.15, 0.2) is 30.3 Å². The minimum absolute atomic E-state index is 0.352. The number of nitrogens with zero attached hydrogens (tertiary/aromatic N) is 2. The number of rotatable bonds is 7. The molecule has 3 heteroatoms. The van der Waals surface area contributed by atoms with Gasteiger partial charge in [-0.15, -0.1) is 0 Å². The van der Waals surface area contributed by atoms with Gasteiger partial charge in [-0.05, 0) is 43.5 Å². The molecule has 0 radical (unpaired) electrons. The highest BCUT2D eigenvalue weighted by Crippen LogP contribution is 2.20. The van der Waals surface area contributed by atoms with Crippen molar-refractivity contribution in [3.63, 3.8) is 0 Å². The lowest BCUT2D eigenvalue weighted by molar-refractivity contribution is 0.512. The van der Waals surface area contributed by atoms with Crippen LogP contribution < -0.4 is 5.32 Å². The van der Waals surface area contributed by atoms with Gasteiger partial charge in [-0.2, -0.15) is 5.10 Å². The molecule has 0 aliphatic heterocycles. The van der Waals surface area contributed by atoms with Crippen molar-refractivity contribution < 1.29 is 0 Å². The minimum atomic E-state index is 0.352. The van der Waals surface area contributed by atoms with E-state index < -0.39 is 0 Å². The molecule has 1 N–H and O–H groups in total. The molecule has 2 aromatic rings. The summed E-state index contributed by atoms with van der Waals surface area (Å²) >= 11 is 0. The Morgan fingerprint density at radius 1 is 1.19 bits per heavy atom. The van der Waals surface area contributed by atoms with Gasteiger partial charge in [-0.25, -0.2) is 0 Å². The van der Waals surface area contributed by atoms with Crippen molar-refractivity contribution in [2.24, 2.45) is 7.05 Å². The van der Waals surface area contributed by atoms with E-state index in [9.17, 15) is 0 Å². The largest absolute Gasteiger partial charge is 0.310 e. The van der Waals surface area contributed by atoms with Crippen LogP contribution in [0, 0.1) is 6.92 Å². The summed E-state index contributed by atoms with van der Waals surface area (Å²) in [5.74, 6) is 0. The first kappa shape index (κ1) is 15.8. The van der Waals surface area contributed by atoms with Crippen LogP contribution in [0.2, 0.25) is 0 Å². The molecule has 1 atom stereocenters. The van der Waals surface area contributed by atoms with Crippen molar-refractivity contribution in [2.75, 3.05) is 6.54 Å². The summed E-state index contributed by atoms with van der Waals surface area (Å²) in [5.41, 5.74) is 5.12. The van der Waals surface area contributed by atoms with E-state index in [4.69, 9.17) is 0 Å². The molecule has 114 valence electrons. The second kappa shape index (κ2) is 7.41. The van der Waals surface area contributed by atoms with Crippen molar-refractivity contribution in [3.05, 3.63) is 52.8 Å². The lowest BCUT2D eigenvalue weighted by atomic mass is 9.99. The normalized spacial score (nSPS) is 12.6. The fourth-order valence-electron chi connectivity index (χ4n) is 2.68. The van der Waals surface area contributed by atoms with E-state index in [1.165, 1.54) is 16.8 Å². The SMILES string of the molecule is CCCNC(Cc1cc(C)nn1C)c1ccc(CC)cc1. The molecule has 1 aromatic carbocycles. The molecule has 0 saturated heterocycles. The summed E-state index contributed by atoms with van der Waals surface area (Å²) in [4.78, 5) is 0. The summed E-state index contributed by atoms with van der Waals surface area (Å²) in [6.07, 6.45) is 3.21. The third-order valence-corrected chi connectivity index (χ3v) is 3.94. The highest BCUT2D eigenvalue weighted by atomic mass is 15.3. The van der Waals surface area contributed by atoms with Crippen LogP contribution >= 0.6 is 0 Å². The molecule has 0 saturated carbocycles. The van der Waals surface area contributed by atoms with Gasteiger partial charge in [-0.3, -0.25) is 4.68 Å². The van der Waals surface area contributed by atoms with Crippen molar-refractivity contribution in [1.82, 2.24) is 15.1 Å². The maximum atomic E-state index is 4.45. The molecular weight excluding hydrogens is 258 g/mol. The van der Waals surface area contributed by atoms with E-state index in [0.29, 0.717) is 6.04 Å².